The Hall–Kier alpha value is -1.78. The third-order valence-electron chi connectivity index (χ3n) is 2.08. The first kappa shape index (κ1) is 9.76. The highest BCUT2D eigenvalue weighted by Gasteiger charge is 2.07. The maximum Gasteiger partial charge on any atom is 0.252 e. The highest BCUT2D eigenvalue weighted by Crippen LogP contribution is 2.13. The van der Waals surface area contributed by atoms with Gasteiger partial charge in [0.1, 0.15) is 12.7 Å². The second kappa shape index (κ2) is 3.76. The lowest BCUT2D eigenvalue weighted by Crippen LogP contribution is -2.06. The Labute approximate surface area is 88.2 Å². The number of nitrogens with zero attached hydrogens (tertiary/aromatic N) is 5. The predicted octanol–water partition coefficient (Wildman–Crippen LogP) is 1.49. The van der Waals surface area contributed by atoms with Crippen molar-refractivity contribution in [3.05, 3.63) is 30.1 Å². The lowest BCUT2D eigenvalue weighted by molar-refractivity contribution is 0.749. The second-order valence-corrected chi connectivity index (χ2v) is 3.73. The summed E-state index contributed by atoms with van der Waals surface area (Å²) in [6.07, 6.45) is 3.07. The Morgan fingerprint density at radius 3 is 2.67 bits per heavy atom. The minimum Gasteiger partial charge on any atom is -0.223 e. The number of aryl methyl sites for hydroxylation is 1. The average Bonchev–Trinajstić information content (AvgIpc) is 2.69. The SMILES string of the molecule is Cc1cc(C(C)C)nc(-n2cncn2)n1. The Bertz CT molecular complexity index is 447. The molecule has 2 rings (SSSR count). The number of hydrogen-bond acceptors (Lipinski definition) is 4. The van der Waals surface area contributed by atoms with Gasteiger partial charge in [0.25, 0.3) is 5.95 Å². The van der Waals surface area contributed by atoms with E-state index < -0.39 is 0 Å². The van der Waals surface area contributed by atoms with Crippen molar-refractivity contribution in [1.82, 2.24) is 24.7 Å². The van der Waals surface area contributed by atoms with Crippen LogP contribution in [0.3, 0.4) is 0 Å². The molecule has 0 saturated heterocycles. The standard InChI is InChI=1S/C10H13N5/c1-7(2)9-4-8(3)13-10(14-9)15-6-11-5-12-15/h4-7H,1-3H3. The molecular weight excluding hydrogens is 190 g/mol. The summed E-state index contributed by atoms with van der Waals surface area (Å²) in [6.45, 7) is 6.16. The molecule has 5 nitrogen and oxygen atoms in total. The van der Waals surface area contributed by atoms with Crippen LogP contribution in [0.5, 0.6) is 0 Å². The van der Waals surface area contributed by atoms with Crippen molar-refractivity contribution in [2.45, 2.75) is 26.7 Å². The van der Waals surface area contributed by atoms with Crippen LogP contribution in [0.1, 0.15) is 31.2 Å². The molecule has 5 heteroatoms. The Morgan fingerprint density at radius 1 is 1.27 bits per heavy atom. The van der Waals surface area contributed by atoms with E-state index in [1.165, 1.54) is 6.33 Å². The van der Waals surface area contributed by atoms with Crippen LogP contribution in [0.25, 0.3) is 5.95 Å². The molecule has 0 atom stereocenters. The summed E-state index contributed by atoms with van der Waals surface area (Å²) in [7, 11) is 0. The van der Waals surface area contributed by atoms with Crippen molar-refractivity contribution >= 4 is 0 Å². The summed E-state index contributed by atoms with van der Waals surface area (Å²) in [6, 6.07) is 1.99. The minimum atomic E-state index is 0.383. The van der Waals surface area contributed by atoms with Crippen LogP contribution in [0, 0.1) is 6.92 Å². The lowest BCUT2D eigenvalue weighted by atomic mass is 10.1. The Balaban J connectivity index is 2.49. The van der Waals surface area contributed by atoms with Crippen molar-refractivity contribution in [2.24, 2.45) is 0 Å². The largest absolute Gasteiger partial charge is 0.252 e. The highest BCUT2D eigenvalue weighted by molar-refractivity contribution is 5.19. The summed E-state index contributed by atoms with van der Waals surface area (Å²) in [4.78, 5) is 12.6. The molecule has 2 aromatic heterocycles. The molecule has 0 spiro atoms. The maximum atomic E-state index is 4.42. The van der Waals surface area contributed by atoms with E-state index in [0.29, 0.717) is 11.9 Å². The molecule has 2 heterocycles. The van der Waals surface area contributed by atoms with E-state index in [1.807, 2.05) is 13.0 Å². The molecule has 0 N–H and O–H groups in total. The van der Waals surface area contributed by atoms with Crippen LogP contribution >= 0.6 is 0 Å². The third-order valence-corrected chi connectivity index (χ3v) is 2.08. The molecule has 0 bridgehead atoms. The van der Waals surface area contributed by atoms with Crippen LogP contribution in [-0.2, 0) is 0 Å². The van der Waals surface area contributed by atoms with Gasteiger partial charge in [-0.3, -0.25) is 0 Å². The van der Waals surface area contributed by atoms with E-state index in [-0.39, 0.29) is 0 Å². The van der Waals surface area contributed by atoms with Crippen LogP contribution < -0.4 is 0 Å². The van der Waals surface area contributed by atoms with Crippen molar-refractivity contribution in [3.63, 3.8) is 0 Å². The second-order valence-electron chi connectivity index (χ2n) is 3.73. The molecule has 0 saturated carbocycles. The topological polar surface area (TPSA) is 56.5 Å². The van der Waals surface area contributed by atoms with Gasteiger partial charge < -0.3 is 0 Å². The fourth-order valence-electron chi connectivity index (χ4n) is 1.29. The van der Waals surface area contributed by atoms with Crippen LogP contribution in [-0.4, -0.2) is 24.7 Å². The quantitative estimate of drug-likeness (QED) is 0.742. The average molecular weight is 203 g/mol. The van der Waals surface area contributed by atoms with Gasteiger partial charge >= 0.3 is 0 Å². The lowest BCUT2D eigenvalue weighted by Gasteiger charge is -2.07. The molecule has 0 aromatic carbocycles. The molecule has 0 unspecified atom stereocenters. The Morgan fingerprint density at radius 2 is 2.07 bits per heavy atom. The predicted molar refractivity (Wildman–Crippen MR) is 55.8 cm³/mol. The third kappa shape index (κ3) is 2.01. The summed E-state index contributed by atoms with van der Waals surface area (Å²) in [5, 5.41) is 4.01. The van der Waals surface area contributed by atoms with E-state index in [9.17, 15) is 0 Å². The highest BCUT2D eigenvalue weighted by atomic mass is 15.4. The fraction of sp³-hybridized carbons (Fsp3) is 0.400. The van der Waals surface area contributed by atoms with Gasteiger partial charge in [-0.1, -0.05) is 13.8 Å². The molecule has 0 aliphatic heterocycles. The van der Waals surface area contributed by atoms with Crippen LogP contribution in [0.4, 0.5) is 0 Å². The van der Waals surface area contributed by atoms with Gasteiger partial charge in [0.2, 0.25) is 0 Å². The first-order chi connectivity index (χ1) is 7.16. The summed E-state index contributed by atoms with van der Waals surface area (Å²) in [5.41, 5.74) is 1.97. The van der Waals surface area contributed by atoms with Gasteiger partial charge in [-0.05, 0) is 18.9 Å². The zero-order valence-electron chi connectivity index (χ0n) is 9.05. The van der Waals surface area contributed by atoms with Crippen LogP contribution in [0.15, 0.2) is 18.7 Å². The summed E-state index contributed by atoms with van der Waals surface area (Å²) in [5.74, 6) is 0.963. The molecule has 0 amide bonds. The van der Waals surface area contributed by atoms with Crippen LogP contribution in [0.2, 0.25) is 0 Å². The van der Waals surface area contributed by atoms with E-state index in [1.54, 1.807) is 11.0 Å². The molecular formula is C10H13N5. The van der Waals surface area contributed by atoms with Gasteiger partial charge in [0, 0.05) is 11.4 Å². The normalized spacial score (nSPS) is 10.9. The molecule has 0 aliphatic rings. The van der Waals surface area contributed by atoms with Gasteiger partial charge in [-0.15, -0.1) is 0 Å². The zero-order valence-corrected chi connectivity index (χ0v) is 9.05. The van der Waals surface area contributed by atoms with Gasteiger partial charge in [-0.25, -0.2) is 15.0 Å². The first-order valence-corrected chi connectivity index (χ1v) is 4.87. The van der Waals surface area contributed by atoms with Gasteiger partial charge in [0.15, 0.2) is 0 Å². The summed E-state index contributed by atoms with van der Waals surface area (Å²) < 4.78 is 1.57. The number of aromatic nitrogens is 5. The minimum absolute atomic E-state index is 0.383. The summed E-state index contributed by atoms with van der Waals surface area (Å²) >= 11 is 0. The molecule has 0 fully saturated rings. The van der Waals surface area contributed by atoms with E-state index in [0.717, 1.165) is 11.4 Å². The molecule has 2 aromatic rings. The van der Waals surface area contributed by atoms with E-state index >= 15 is 0 Å². The first-order valence-electron chi connectivity index (χ1n) is 4.87. The fourth-order valence-corrected chi connectivity index (χ4v) is 1.29. The molecule has 78 valence electrons. The van der Waals surface area contributed by atoms with Crippen molar-refractivity contribution in [1.29, 1.82) is 0 Å². The number of hydrogen-bond donors (Lipinski definition) is 0. The smallest absolute Gasteiger partial charge is 0.223 e. The maximum absolute atomic E-state index is 4.42. The molecule has 0 radical (unpaired) electrons. The number of rotatable bonds is 2. The Kier molecular flexibility index (Phi) is 2.45. The van der Waals surface area contributed by atoms with Gasteiger partial charge in [0.05, 0.1) is 0 Å². The van der Waals surface area contributed by atoms with Crippen molar-refractivity contribution in [2.75, 3.05) is 0 Å². The molecule has 0 aliphatic carbocycles. The van der Waals surface area contributed by atoms with Crippen molar-refractivity contribution in [3.8, 4) is 5.95 Å². The zero-order chi connectivity index (χ0) is 10.8. The van der Waals surface area contributed by atoms with E-state index in [4.69, 9.17) is 0 Å². The van der Waals surface area contributed by atoms with Crippen molar-refractivity contribution < 1.29 is 0 Å². The monoisotopic (exact) mass is 203 g/mol. The van der Waals surface area contributed by atoms with E-state index in [2.05, 4.69) is 33.9 Å². The van der Waals surface area contributed by atoms with Gasteiger partial charge in [-0.2, -0.15) is 9.78 Å². The molecule has 15 heavy (non-hydrogen) atoms.